The molecular weight excluding hydrogens is 232 g/mol. The highest BCUT2D eigenvalue weighted by Crippen LogP contribution is 2.28. The SMILES string of the molecule is CCCCCCN1CC(C(C)C)NCC1(CC)CC. The zero-order valence-electron chi connectivity index (χ0n) is 14.0. The van der Waals surface area contributed by atoms with Crippen molar-refractivity contribution in [1.82, 2.24) is 10.2 Å². The van der Waals surface area contributed by atoms with Gasteiger partial charge in [-0.2, -0.15) is 0 Å². The van der Waals surface area contributed by atoms with E-state index < -0.39 is 0 Å². The summed E-state index contributed by atoms with van der Waals surface area (Å²) < 4.78 is 0. The summed E-state index contributed by atoms with van der Waals surface area (Å²) in [6.07, 6.45) is 8.05. The first-order valence-corrected chi connectivity index (χ1v) is 8.58. The molecule has 0 aromatic rings. The van der Waals surface area contributed by atoms with Crippen LogP contribution in [0.2, 0.25) is 0 Å². The Morgan fingerprint density at radius 1 is 1.11 bits per heavy atom. The van der Waals surface area contributed by atoms with Crippen LogP contribution in [0.3, 0.4) is 0 Å². The van der Waals surface area contributed by atoms with Gasteiger partial charge in [0.1, 0.15) is 0 Å². The Labute approximate surface area is 121 Å². The predicted octanol–water partition coefficient (Wildman–Crippen LogP) is 4.06. The van der Waals surface area contributed by atoms with Crippen molar-refractivity contribution in [3.05, 3.63) is 0 Å². The second kappa shape index (κ2) is 8.26. The van der Waals surface area contributed by atoms with Crippen LogP contribution >= 0.6 is 0 Å². The fraction of sp³-hybridized carbons (Fsp3) is 1.00. The first kappa shape index (κ1) is 17.0. The van der Waals surface area contributed by atoms with Gasteiger partial charge in [-0.1, -0.05) is 53.9 Å². The maximum absolute atomic E-state index is 3.80. The van der Waals surface area contributed by atoms with E-state index in [-0.39, 0.29) is 0 Å². The van der Waals surface area contributed by atoms with Crippen LogP contribution in [0, 0.1) is 5.92 Å². The summed E-state index contributed by atoms with van der Waals surface area (Å²) >= 11 is 0. The summed E-state index contributed by atoms with van der Waals surface area (Å²) in [5.74, 6) is 0.741. The molecule has 0 radical (unpaired) electrons. The molecule has 0 saturated carbocycles. The molecule has 1 fully saturated rings. The zero-order chi connectivity index (χ0) is 14.3. The van der Waals surface area contributed by atoms with E-state index >= 15 is 0 Å². The second-order valence-corrected chi connectivity index (χ2v) is 6.67. The number of hydrogen-bond donors (Lipinski definition) is 1. The Hall–Kier alpha value is -0.0800. The lowest BCUT2D eigenvalue weighted by Gasteiger charge is -2.50. The third-order valence-electron chi connectivity index (χ3n) is 5.18. The summed E-state index contributed by atoms with van der Waals surface area (Å²) in [7, 11) is 0. The zero-order valence-corrected chi connectivity index (χ0v) is 14.0. The van der Waals surface area contributed by atoms with Crippen molar-refractivity contribution in [3.63, 3.8) is 0 Å². The van der Waals surface area contributed by atoms with Crippen LogP contribution in [-0.4, -0.2) is 36.1 Å². The predicted molar refractivity (Wildman–Crippen MR) is 85.7 cm³/mol. The molecule has 0 spiro atoms. The van der Waals surface area contributed by atoms with E-state index in [2.05, 4.69) is 44.8 Å². The molecule has 1 heterocycles. The van der Waals surface area contributed by atoms with Gasteiger partial charge in [0.05, 0.1) is 0 Å². The van der Waals surface area contributed by atoms with E-state index in [0.717, 1.165) is 5.92 Å². The molecule has 0 aromatic heterocycles. The van der Waals surface area contributed by atoms with Crippen LogP contribution in [0.5, 0.6) is 0 Å². The summed E-state index contributed by atoms with van der Waals surface area (Å²) in [5, 5.41) is 3.80. The maximum Gasteiger partial charge on any atom is 0.0329 e. The third-order valence-corrected chi connectivity index (χ3v) is 5.18. The van der Waals surface area contributed by atoms with E-state index in [1.807, 2.05) is 0 Å². The van der Waals surface area contributed by atoms with Gasteiger partial charge in [-0.15, -0.1) is 0 Å². The van der Waals surface area contributed by atoms with Crippen molar-refractivity contribution in [2.24, 2.45) is 5.92 Å². The Kier molecular flexibility index (Phi) is 7.38. The van der Waals surface area contributed by atoms with Crippen molar-refractivity contribution in [2.45, 2.75) is 84.7 Å². The van der Waals surface area contributed by atoms with Gasteiger partial charge in [-0.25, -0.2) is 0 Å². The summed E-state index contributed by atoms with van der Waals surface area (Å²) in [6.45, 7) is 15.4. The van der Waals surface area contributed by atoms with Gasteiger partial charge < -0.3 is 5.32 Å². The quantitative estimate of drug-likeness (QED) is 0.668. The third kappa shape index (κ3) is 4.46. The van der Waals surface area contributed by atoms with Crippen LogP contribution in [0.1, 0.15) is 73.1 Å². The topological polar surface area (TPSA) is 15.3 Å². The molecule has 114 valence electrons. The lowest BCUT2D eigenvalue weighted by Crippen LogP contribution is -2.65. The molecule has 2 heteroatoms. The van der Waals surface area contributed by atoms with Gasteiger partial charge in [0, 0.05) is 24.7 Å². The highest BCUT2D eigenvalue weighted by molar-refractivity contribution is 4.98. The average molecular weight is 268 g/mol. The monoisotopic (exact) mass is 268 g/mol. The molecule has 1 saturated heterocycles. The van der Waals surface area contributed by atoms with Crippen LogP contribution in [-0.2, 0) is 0 Å². The second-order valence-electron chi connectivity index (χ2n) is 6.67. The van der Waals surface area contributed by atoms with Crippen molar-refractivity contribution in [1.29, 1.82) is 0 Å². The number of hydrogen-bond acceptors (Lipinski definition) is 2. The molecule has 0 aliphatic carbocycles. The van der Waals surface area contributed by atoms with Crippen LogP contribution in [0.25, 0.3) is 0 Å². The number of nitrogens with zero attached hydrogens (tertiary/aromatic N) is 1. The first-order chi connectivity index (χ1) is 9.09. The summed E-state index contributed by atoms with van der Waals surface area (Å²) in [5.41, 5.74) is 0.414. The van der Waals surface area contributed by atoms with Gasteiger partial charge in [-0.3, -0.25) is 4.90 Å². The molecule has 0 aromatic carbocycles. The fourth-order valence-electron chi connectivity index (χ4n) is 3.38. The smallest absolute Gasteiger partial charge is 0.0329 e. The molecule has 0 bridgehead atoms. The van der Waals surface area contributed by atoms with Crippen LogP contribution in [0.15, 0.2) is 0 Å². The van der Waals surface area contributed by atoms with E-state index in [0.29, 0.717) is 11.6 Å². The van der Waals surface area contributed by atoms with Gasteiger partial charge in [-0.05, 0) is 31.7 Å². The Morgan fingerprint density at radius 3 is 2.32 bits per heavy atom. The molecule has 1 aliphatic heterocycles. The maximum atomic E-state index is 3.80. The van der Waals surface area contributed by atoms with Gasteiger partial charge in [0.2, 0.25) is 0 Å². The Balaban J connectivity index is 2.60. The molecule has 1 rings (SSSR count). The molecule has 2 nitrogen and oxygen atoms in total. The highest BCUT2D eigenvalue weighted by atomic mass is 15.3. The van der Waals surface area contributed by atoms with E-state index in [4.69, 9.17) is 0 Å². The minimum atomic E-state index is 0.414. The summed E-state index contributed by atoms with van der Waals surface area (Å²) in [4.78, 5) is 2.81. The fourth-order valence-corrected chi connectivity index (χ4v) is 3.38. The molecule has 1 N–H and O–H groups in total. The standard InChI is InChI=1S/C17H36N2/c1-6-9-10-11-12-19-13-16(15(4)5)18-14-17(19,7-2)8-3/h15-16,18H,6-14H2,1-5H3. The number of nitrogens with one attached hydrogen (secondary N) is 1. The lowest BCUT2D eigenvalue weighted by atomic mass is 9.85. The minimum Gasteiger partial charge on any atom is -0.311 e. The summed E-state index contributed by atoms with van der Waals surface area (Å²) in [6, 6.07) is 0.678. The molecular formula is C17H36N2. The van der Waals surface area contributed by atoms with Crippen LogP contribution < -0.4 is 5.32 Å². The molecule has 1 unspecified atom stereocenters. The average Bonchev–Trinajstić information content (AvgIpc) is 2.43. The van der Waals surface area contributed by atoms with Crippen molar-refractivity contribution >= 4 is 0 Å². The molecule has 19 heavy (non-hydrogen) atoms. The Bertz CT molecular complexity index is 233. The molecule has 0 amide bonds. The number of rotatable bonds is 8. The number of piperazine rings is 1. The van der Waals surface area contributed by atoms with E-state index in [1.54, 1.807) is 0 Å². The lowest BCUT2D eigenvalue weighted by molar-refractivity contribution is 0.0211. The molecule has 1 atom stereocenters. The first-order valence-electron chi connectivity index (χ1n) is 8.58. The number of unbranched alkanes of at least 4 members (excludes halogenated alkanes) is 3. The highest BCUT2D eigenvalue weighted by Gasteiger charge is 2.38. The largest absolute Gasteiger partial charge is 0.311 e. The van der Waals surface area contributed by atoms with Crippen molar-refractivity contribution in [3.8, 4) is 0 Å². The van der Waals surface area contributed by atoms with Crippen molar-refractivity contribution in [2.75, 3.05) is 19.6 Å². The normalized spacial score (nSPS) is 24.0. The van der Waals surface area contributed by atoms with E-state index in [9.17, 15) is 0 Å². The van der Waals surface area contributed by atoms with Crippen LogP contribution in [0.4, 0.5) is 0 Å². The van der Waals surface area contributed by atoms with Gasteiger partial charge in [0.15, 0.2) is 0 Å². The molecule has 1 aliphatic rings. The van der Waals surface area contributed by atoms with Crippen molar-refractivity contribution < 1.29 is 0 Å². The Morgan fingerprint density at radius 2 is 1.79 bits per heavy atom. The van der Waals surface area contributed by atoms with Gasteiger partial charge in [0.25, 0.3) is 0 Å². The van der Waals surface area contributed by atoms with E-state index in [1.165, 1.54) is 58.2 Å². The minimum absolute atomic E-state index is 0.414. The van der Waals surface area contributed by atoms with Gasteiger partial charge >= 0.3 is 0 Å².